The van der Waals surface area contributed by atoms with Crippen molar-refractivity contribution < 1.29 is 4.79 Å². The zero-order valence-electron chi connectivity index (χ0n) is 16.6. The van der Waals surface area contributed by atoms with Crippen LogP contribution in [0.15, 0.2) is 73.1 Å². The fraction of sp³-hybridized carbons (Fsp3) is 0.167. The van der Waals surface area contributed by atoms with E-state index in [0.29, 0.717) is 5.56 Å². The molecule has 1 amide bonds. The van der Waals surface area contributed by atoms with Crippen LogP contribution in [-0.2, 0) is 0 Å². The quantitative estimate of drug-likeness (QED) is 0.554. The van der Waals surface area contributed by atoms with Crippen LogP contribution in [0, 0.1) is 0 Å². The second-order valence-corrected chi connectivity index (χ2v) is 7.49. The maximum absolute atomic E-state index is 11.5. The van der Waals surface area contributed by atoms with E-state index in [-0.39, 0.29) is 0 Å². The van der Waals surface area contributed by atoms with Gasteiger partial charge in [0.15, 0.2) is 0 Å². The van der Waals surface area contributed by atoms with Gasteiger partial charge in [0.1, 0.15) is 6.33 Å². The van der Waals surface area contributed by atoms with Crippen molar-refractivity contribution in [3.05, 3.63) is 78.6 Å². The number of nitrogens with zero attached hydrogens (tertiary/aromatic N) is 3. The molecule has 1 aliphatic heterocycles. The van der Waals surface area contributed by atoms with Crippen LogP contribution in [-0.4, -0.2) is 41.6 Å². The lowest BCUT2D eigenvalue weighted by molar-refractivity contribution is 0.100. The lowest BCUT2D eigenvalue weighted by Gasteiger charge is -2.31. The molecule has 1 saturated heterocycles. The first-order chi connectivity index (χ1) is 14.7. The van der Waals surface area contributed by atoms with Crippen LogP contribution >= 0.6 is 0 Å². The number of nitrogens with two attached hydrogens (primary N) is 1. The second-order valence-electron chi connectivity index (χ2n) is 7.49. The summed E-state index contributed by atoms with van der Waals surface area (Å²) in [6.45, 7) is 4.02. The largest absolute Gasteiger partial charge is 0.368 e. The number of nitrogens with one attached hydrogen (secondary N) is 1. The second kappa shape index (κ2) is 7.65. The van der Waals surface area contributed by atoms with Crippen LogP contribution in [0.5, 0.6) is 0 Å². The number of carbonyl (C=O) groups is 1. The van der Waals surface area contributed by atoms with Crippen LogP contribution in [0.3, 0.4) is 0 Å². The number of piperazine rings is 1. The van der Waals surface area contributed by atoms with Crippen molar-refractivity contribution in [1.82, 2.24) is 14.9 Å². The molecule has 30 heavy (non-hydrogen) atoms. The topological polar surface area (TPSA) is 76.2 Å². The van der Waals surface area contributed by atoms with E-state index in [1.54, 1.807) is 18.5 Å². The van der Waals surface area contributed by atoms with E-state index in [0.717, 1.165) is 48.5 Å². The van der Waals surface area contributed by atoms with Gasteiger partial charge in [0.05, 0.1) is 11.0 Å². The van der Waals surface area contributed by atoms with E-state index in [2.05, 4.69) is 63.7 Å². The van der Waals surface area contributed by atoms with Gasteiger partial charge in [-0.2, -0.15) is 0 Å². The summed E-state index contributed by atoms with van der Waals surface area (Å²) in [5, 5.41) is 3.42. The Morgan fingerprint density at radius 2 is 1.80 bits per heavy atom. The maximum Gasteiger partial charge on any atom is 0.248 e. The summed E-state index contributed by atoms with van der Waals surface area (Å²) in [5.41, 5.74) is 12.2. The predicted molar refractivity (Wildman–Crippen MR) is 120 cm³/mol. The first-order valence-corrected chi connectivity index (χ1v) is 10.1. The molecule has 4 aromatic rings. The van der Waals surface area contributed by atoms with E-state index in [4.69, 9.17) is 5.73 Å². The third kappa shape index (κ3) is 3.31. The summed E-state index contributed by atoms with van der Waals surface area (Å²) in [4.78, 5) is 18.4. The highest BCUT2D eigenvalue weighted by molar-refractivity contribution is 5.96. The molecule has 0 atom stereocenters. The molecule has 3 N–H and O–H groups in total. The van der Waals surface area contributed by atoms with Gasteiger partial charge in [0.2, 0.25) is 5.91 Å². The number of carbonyl (C=O) groups excluding carboxylic acids is 1. The molecule has 0 radical (unpaired) electrons. The molecule has 0 aliphatic carbocycles. The Morgan fingerprint density at radius 3 is 2.63 bits per heavy atom. The summed E-state index contributed by atoms with van der Waals surface area (Å²) >= 11 is 0. The van der Waals surface area contributed by atoms with Gasteiger partial charge in [-0.1, -0.05) is 30.3 Å². The Kier molecular flexibility index (Phi) is 4.69. The highest BCUT2D eigenvalue weighted by atomic mass is 16.1. The van der Waals surface area contributed by atoms with Crippen LogP contribution in [0.2, 0.25) is 0 Å². The lowest BCUT2D eigenvalue weighted by Crippen LogP contribution is -2.43. The minimum Gasteiger partial charge on any atom is -0.368 e. The molecule has 1 aliphatic rings. The van der Waals surface area contributed by atoms with Gasteiger partial charge >= 0.3 is 0 Å². The number of primary amides is 1. The minimum absolute atomic E-state index is 0.446. The third-order valence-electron chi connectivity index (χ3n) is 5.63. The Hall–Kier alpha value is -3.64. The molecule has 6 heteroatoms. The SMILES string of the molecule is NC(=O)c1ccc2c(c1)ncn2-c1cccc(-c2ccccc2N2CCNCC2)c1. The molecular weight excluding hydrogens is 374 g/mol. The number of anilines is 1. The molecule has 0 saturated carbocycles. The molecule has 0 spiro atoms. The Balaban J connectivity index is 1.56. The molecule has 1 aromatic heterocycles. The predicted octanol–water partition coefficient (Wildman–Crippen LogP) is 3.20. The molecule has 0 bridgehead atoms. The maximum atomic E-state index is 11.5. The monoisotopic (exact) mass is 397 g/mol. The van der Waals surface area contributed by atoms with Gasteiger partial charge < -0.3 is 16.0 Å². The standard InChI is InChI=1S/C24H23N5O/c25-24(30)18-8-9-23-21(15-18)27-16-29(23)19-5-3-4-17(14-19)20-6-1-2-7-22(20)28-12-10-26-11-13-28/h1-9,14-16,26H,10-13H2,(H2,25,30). The van der Waals surface area contributed by atoms with Gasteiger partial charge in [0.25, 0.3) is 0 Å². The van der Waals surface area contributed by atoms with E-state index >= 15 is 0 Å². The zero-order chi connectivity index (χ0) is 20.5. The molecule has 6 nitrogen and oxygen atoms in total. The van der Waals surface area contributed by atoms with E-state index in [9.17, 15) is 4.79 Å². The first-order valence-electron chi connectivity index (χ1n) is 10.1. The van der Waals surface area contributed by atoms with E-state index in [1.165, 1.54) is 11.3 Å². The minimum atomic E-state index is -0.446. The Morgan fingerprint density at radius 1 is 0.967 bits per heavy atom. The van der Waals surface area contributed by atoms with Crippen molar-refractivity contribution in [3.8, 4) is 16.8 Å². The summed E-state index contributed by atoms with van der Waals surface area (Å²) in [6, 6.07) is 22.4. The number of hydrogen-bond donors (Lipinski definition) is 2. The summed E-state index contributed by atoms with van der Waals surface area (Å²) < 4.78 is 2.04. The Labute approximate surface area is 174 Å². The molecule has 3 aromatic carbocycles. The number of para-hydroxylation sites is 1. The van der Waals surface area contributed by atoms with Gasteiger partial charge in [0, 0.05) is 48.7 Å². The van der Waals surface area contributed by atoms with Gasteiger partial charge in [-0.15, -0.1) is 0 Å². The van der Waals surface area contributed by atoms with Crippen molar-refractivity contribution in [2.24, 2.45) is 5.73 Å². The Bertz CT molecular complexity index is 1220. The molecule has 1 fully saturated rings. The molecule has 0 unspecified atom stereocenters. The van der Waals surface area contributed by atoms with Crippen molar-refractivity contribution in [3.63, 3.8) is 0 Å². The fourth-order valence-corrected chi connectivity index (χ4v) is 4.09. The summed E-state index contributed by atoms with van der Waals surface area (Å²) in [5.74, 6) is -0.446. The van der Waals surface area contributed by atoms with Crippen molar-refractivity contribution in [1.29, 1.82) is 0 Å². The van der Waals surface area contributed by atoms with Crippen LogP contribution in [0.1, 0.15) is 10.4 Å². The normalized spacial score (nSPS) is 14.2. The fourth-order valence-electron chi connectivity index (χ4n) is 4.09. The van der Waals surface area contributed by atoms with Crippen LogP contribution < -0.4 is 16.0 Å². The molecule has 5 rings (SSSR count). The lowest BCUT2D eigenvalue weighted by atomic mass is 10.0. The molecule has 150 valence electrons. The van der Waals surface area contributed by atoms with Crippen molar-refractivity contribution >= 4 is 22.6 Å². The number of fused-ring (bicyclic) bond motifs is 1. The molecular formula is C24H23N5O. The van der Waals surface area contributed by atoms with Crippen molar-refractivity contribution in [2.45, 2.75) is 0 Å². The van der Waals surface area contributed by atoms with Gasteiger partial charge in [-0.3, -0.25) is 9.36 Å². The summed E-state index contributed by atoms with van der Waals surface area (Å²) in [6.07, 6.45) is 1.79. The van der Waals surface area contributed by atoms with Gasteiger partial charge in [-0.25, -0.2) is 4.98 Å². The average Bonchev–Trinajstić information content (AvgIpc) is 3.23. The highest BCUT2D eigenvalue weighted by Crippen LogP contribution is 2.32. The van der Waals surface area contributed by atoms with Crippen LogP contribution in [0.25, 0.3) is 27.8 Å². The van der Waals surface area contributed by atoms with Crippen LogP contribution in [0.4, 0.5) is 5.69 Å². The van der Waals surface area contributed by atoms with Crippen molar-refractivity contribution in [2.75, 3.05) is 31.1 Å². The first kappa shape index (κ1) is 18.4. The molecule has 2 heterocycles. The number of benzene rings is 3. The highest BCUT2D eigenvalue weighted by Gasteiger charge is 2.15. The van der Waals surface area contributed by atoms with E-state index < -0.39 is 5.91 Å². The smallest absolute Gasteiger partial charge is 0.248 e. The third-order valence-corrected chi connectivity index (χ3v) is 5.63. The number of hydrogen-bond acceptors (Lipinski definition) is 4. The van der Waals surface area contributed by atoms with E-state index in [1.807, 2.05) is 10.6 Å². The van der Waals surface area contributed by atoms with Gasteiger partial charge in [-0.05, 0) is 42.0 Å². The average molecular weight is 397 g/mol. The number of aromatic nitrogens is 2. The number of amides is 1. The number of imidazole rings is 1. The summed E-state index contributed by atoms with van der Waals surface area (Å²) in [7, 11) is 0. The zero-order valence-corrected chi connectivity index (χ0v) is 16.6. The number of rotatable bonds is 4.